The van der Waals surface area contributed by atoms with Crippen LogP contribution in [0.2, 0.25) is 0 Å². The smallest absolute Gasteiger partial charge is 0.329 e. The molecular formula is C21H22F4N4O3. The highest BCUT2D eigenvalue weighted by Gasteiger charge is 2.34. The number of hydrogen-bond donors (Lipinski definition) is 2. The number of pyridine rings is 1. The molecule has 172 valence electrons. The maximum atomic E-state index is 14.3. The molecule has 1 fully saturated rings. The quantitative estimate of drug-likeness (QED) is 0.559. The standard InChI is InChI=1S/C21H18F4N4O3.2H2/c1-9(18-13(24)7-11(22)8-26-18)27-19(30)15(6-10-2-3-10)29-20(31)16-14(28-21(29)32)5-4-12(23)17(16)25;;/h4-5,7-10,15H,2-3,6H2,1H3,(H,27,30)(H,28,32);2*1H/t9-,15+;;/m0../s1. The largest absolute Gasteiger partial charge is 0.346 e. The molecule has 11 heteroatoms. The van der Waals surface area contributed by atoms with Crippen molar-refractivity contribution in [2.45, 2.75) is 38.3 Å². The van der Waals surface area contributed by atoms with Crippen LogP contribution in [0.5, 0.6) is 0 Å². The highest BCUT2D eigenvalue weighted by atomic mass is 19.2. The lowest BCUT2D eigenvalue weighted by molar-refractivity contribution is -0.125. The molecule has 2 aromatic heterocycles. The Morgan fingerprint density at radius 3 is 2.62 bits per heavy atom. The van der Waals surface area contributed by atoms with Gasteiger partial charge < -0.3 is 10.3 Å². The van der Waals surface area contributed by atoms with Gasteiger partial charge in [0, 0.05) is 8.92 Å². The first kappa shape index (κ1) is 21.7. The van der Waals surface area contributed by atoms with E-state index in [1.54, 1.807) is 0 Å². The summed E-state index contributed by atoms with van der Waals surface area (Å²) in [5.74, 6) is -5.33. The van der Waals surface area contributed by atoms with Crippen LogP contribution >= 0.6 is 0 Å². The molecular weight excluding hydrogens is 432 g/mol. The highest BCUT2D eigenvalue weighted by molar-refractivity contribution is 5.82. The molecule has 32 heavy (non-hydrogen) atoms. The molecule has 4 rings (SSSR count). The molecule has 1 aliphatic carbocycles. The van der Waals surface area contributed by atoms with E-state index in [4.69, 9.17) is 0 Å². The molecule has 3 aromatic rings. The van der Waals surface area contributed by atoms with Crippen LogP contribution in [-0.2, 0) is 4.79 Å². The Labute approximate surface area is 181 Å². The van der Waals surface area contributed by atoms with E-state index >= 15 is 0 Å². The van der Waals surface area contributed by atoms with E-state index in [9.17, 15) is 31.9 Å². The van der Waals surface area contributed by atoms with Gasteiger partial charge in [0.2, 0.25) is 5.91 Å². The summed E-state index contributed by atoms with van der Waals surface area (Å²) in [4.78, 5) is 44.6. The number of fused-ring (bicyclic) bond motifs is 1. The number of aromatic nitrogens is 3. The Morgan fingerprint density at radius 2 is 1.97 bits per heavy atom. The van der Waals surface area contributed by atoms with Crippen LogP contribution in [0.15, 0.2) is 34.0 Å². The minimum atomic E-state index is -1.44. The van der Waals surface area contributed by atoms with E-state index in [-0.39, 0.29) is 26.4 Å². The van der Waals surface area contributed by atoms with E-state index < -0.39 is 57.9 Å². The van der Waals surface area contributed by atoms with Crippen molar-refractivity contribution >= 4 is 16.8 Å². The van der Waals surface area contributed by atoms with E-state index in [0.29, 0.717) is 10.6 Å². The minimum absolute atomic E-state index is 0. The van der Waals surface area contributed by atoms with Gasteiger partial charge in [-0.05, 0) is 31.4 Å². The van der Waals surface area contributed by atoms with Gasteiger partial charge in [0.15, 0.2) is 11.6 Å². The Hall–Kier alpha value is -3.50. The number of benzene rings is 1. The van der Waals surface area contributed by atoms with E-state index in [2.05, 4.69) is 15.3 Å². The number of amides is 1. The molecule has 0 spiro atoms. The van der Waals surface area contributed by atoms with Crippen molar-refractivity contribution in [2.75, 3.05) is 0 Å². The maximum Gasteiger partial charge on any atom is 0.329 e. The maximum absolute atomic E-state index is 14.3. The third-order valence-electron chi connectivity index (χ3n) is 5.46. The van der Waals surface area contributed by atoms with Crippen LogP contribution in [0.25, 0.3) is 10.9 Å². The fourth-order valence-electron chi connectivity index (χ4n) is 3.66. The minimum Gasteiger partial charge on any atom is -0.346 e. The van der Waals surface area contributed by atoms with Crippen LogP contribution in [0.1, 0.15) is 46.8 Å². The second-order valence-corrected chi connectivity index (χ2v) is 7.83. The zero-order valence-corrected chi connectivity index (χ0v) is 16.8. The second kappa shape index (κ2) is 8.21. The first-order valence-corrected chi connectivity index (χ1v) is 9.91. The Bertz CT molecular complexity index is 1340. The molecule has 1 aromatic carbocycles. The van der Waals surface area contributed by atoms with E-state index in [1.165, 1.54) is 6.92 Å². The van der Waals surface area contributed by atoms with Crippen LogP contribution in [0.3, 0.4) is 0 Å². The van der Waals surface area contributed by atoms with Crippen molar-refractivity contribution in [1.82, 2.24) is 19.9 Å². The number of nitrogens with zero attached hydrogens (tertiary/aromatic N) is 2. The number of halogens is 4. The van der Waals surface area contributed by atoms with Gasteiger partial charge in [0.1, 0.15) is 23.1 Å². The SMILES string of the molecule is C[C@H](NC(=O)[C@@H](CC1CC1)n1c(=O)[nH]c2ccc(F)c(F)c2c1=O)c1ncc(F)cc1F.[HH].[HH]. The molecule has 1 aliphatic rings. The van der Waals surface area contributed by atoms with Gasteiger partial charge in [-0.2, -0.15) is 0 Å². The van der Waals surface area contributed by atoms with Crippen LogP contribution in [0, 0.1) is 29.2 Å². The average molecular weight is 454 g/mol. The molecule has 0 bridgehead atoms. The number of hydrogen-bond acceptors (Lipinski definition) is 4. The van der Waals surface area contributed by atoms with Crippen molar-refractivity contribution in [2.24, 2.45) is 5.92 Å². The molecule has 2 heterocycles. The van der Waals surface area contributed by atoms with Gasteiger partial charge in [-0.15, -0.1) is 0 Å². The number of H-pyrrole nitrogens is 1. The predicted molar refractivity (Wildman–Crippen MR) is 110 cm³/mol. The Kier molecular flexibility index (Phi) is 5.57. The average Bonchev–Trinajstić information content (AvgIpc) is 3.53. The highest BCUT2D eigenvalue weighted by Crippen LogP contribution is 2.36. The summed E-state index contributed by atoms with van der Waals surface area (Å²) in [6.45, 7) is 1.40. The van der Waals surface area contributed by atoms with Gasteiger partial charge in [0.25, 0.3) is 5.56 Å². The van der Waals surface area contributed by atoms with Gasteiger partial charge >= 0.3 is 5.69 Å². The summed E-state index contributed by atoms with van der Waals surface area (Å²) < 4.78 is 55.8. The monoisotopic (exact) mass is 454 g/mol. The van der Waals surface area contributed by atoms with E-state index in [1.807, 2.05) is 0 Å². The molecule has 1 amide bonds. The zero-order valence-electron chi connectivity index (χ0n) is 16.8. The number of nitrogens with one attached hydrogen (secondary N) is 2. The lowest BCUT2D eigenvalue weighted by atomic mass is 10.1. The van der Waals surface area contributed by atoms with Crippen LogP contribution in [-0.4, -0.2) is 20.4 Å². The van der Waals surface area contributed by atoms with Crippen molar-refractivity contribution in [1.29, 1.82) is 0 Å². The third kappa shape index (κ3) is 4.02. The summed E-state index contributed by atoms with van der Waals surface area (Å²) in [6, 6.07) is 0.0771. The Balaban J connectivity index is 0.00000204. The fourth-order valence-corrected chi connectivity index (χ4v) is 3.66. The van der Waals surface area contributed by atoms with Gasteiger partial charge in [-0.25, -0.2) is 26.9 Å². The summed E-state index contributed by atoms with van der Waals surface area (Å²) >= 11 is 0. The van der Waals surface area contributed by atoms with E-state index in [0.717, 1.165) is 31.2 Å². The topological polar surface area (TPSA) is 96.9 Å². The summed E-state index contributed by atoms with van der Waals surface area (Å²) in [5.41, 5.74) is -2.56. The first-order valence-electron chi connectivity index (χ1n) is 9.91. The number of carbonyl (C=O) groups is 1. The molecule has 0 saturated heterocycles. The van der Waals surface area contributed by atoms with Crippen molar-refractivity contribution < 1.29 is 25.2 Å². The normalized spacial score (nSPS) is 15.5. The second-order valence-electron chi connectivity index (χ2n) is 7.83. The zero-order chi connectivity index (χ0) is 23.2. The molecule has 1 saturated carbocycles. The van der Waals surface area contributed by atoms with Gasteiger partial charge in [-0.1, -0.05) is 12.8 Å². The summed E-state index contributed by atoms with van der Waals surface area (Å²) in [6.07, 6.45) is 2.44. The molecule has 0 aliphatic heterocycles. The van der Waals surface area contributed by atoms with Crippen LogP contribution < -0.4 is 16.6 Å². The number of rotatable bonds is 6. The fraction of sp³-hybridized carbons (Fsp3) is 0.333. The third-order valence-corrected chi connectivity index (χ3v) is 5.46. The van der Waals surface area contributed by atoms with Crippen molar-refractivity contribution in [3.05, 3.63) is 74.2 Å². The van der Waals surface area contributed by atoms with Gasteiger partial charge in [0.05, 0.1) is 23.4 Å². The Morgan fingerprint density at radius 1 is 1.25 bits per heavy atom. The first-order chi connectivity index (χ1) is 15.2. The van der Waals surface area contributed by atoms with Crippen molar-refractivity contribution in [3.63, 3.8) is 0 Å². The van der Waals surface area contributed by atoms with Crippen molar-refractivity contribution in [3.8, 4) is 0 Å². The predicted octanol–water partition coefficient (Wildman–Crippen LogP) is 3.35. The summed E-state index contributed by atoms with van der Waals surface area (Å²) in [7, 11) is 0. The molecule has 0 radical (unpaired) electrons. The molecule has 0 unspecified atom stereocenters. The number of aromatic amines is 1. The van der Waals surface area contributed by atoms with Crippen LogP contribution in [0.4, 0.5) is 17.6 Å². The lowest BCUT2D eigenvalue weighted by Gasteiger charge is -2.22. The van der Waals surface area contributed by atoms with Gasteiger partial charge in [-0.3, -0.25) is 14.6 Å². The molecule has 2 N–H and O–H groups in total. The molecule has 2 atom stereocenters. The number of carbonyl (C=O) groups excluding carboxylic acids is 1. The molecule has 7 nitrogen and oxygen atoms in total. The lowest BCUT2D eigenvalue weighted by Crippen LogP contribution is -2.45. The summed E-state index contributed by atoms with van der Waals surface area (Å²) in [5, 5.41) is 1.79.